The smallest absolute Gasteiger partial charge is 0.355 e. The Morgan fingerprint density at radius 1 is 1.25 bits per heavy atom. The van der Waals surface area contributed by atoms with Crippen molar-refractivity contribution in [2.24, 2.45) is 11.8 Å². The van der Waals surface area contributed by atoms with Crippen molar-refractivity contribution >= 4 is 29.4 Å². The van der Waals surface area contributed by atoms with Crippen molar-refractivity contribution in [3.63, 3.8) is 0 Å². The maximum absolute atomic E-state index is 13.6. The number of aromatic amines is 1. The topological polar surface area (TPSA) is 44.0 Å². The number of hydrogen-bond donors (Lipinski definition) is 2. The van der Waals surface area contributed by atoms with E-state index < -0.39 is 23.8 Å². The van der Waals surface area contributed by atoms with E-state index in [0.717, 1.165) is 0 Å². The maximum Gasteiger partial charge on any atom is 0.418 e. The molecular weight excluding hydrogens is 454 g/mol. The van der Waals surface area contributed by atoms with Gasteiger partial charge in [0.1, 0.15) is 10.5 Å². The first-order chi connectivity index (χ1) is 14.8. The van der Waals surface area contributed by atoms with Gasteiger partial charge in [-0.3, -0.25) is 0 Å². The summed E-state index contributed by atoms with van der Waals surface area (Å²) in [6, 6.07) is 3.17. The Hall–Kier alpha value is -2.56. The lowest BCUT2D eigenvalue weighted by Crippen LogP contribution is -2.46. The Labute approximate surface area is 186 Å². The van der Waals surface area contributed by atoms with Crippen LogP contribution in [0.2, 0.25) is 0 Å². The minimum absolute atomic E-state index is 0.0219. The van der Waals surface area contributed by atoms with Crippen molar-refractivity contribution in [3.05, 3.63) is 52.4 Å². The molecular formula is C21H22F6N4S. The standard InChI is InChI=1S/C21H22F6N4S/c1-11-6-14(20(22,23)24)10-31(9-11)19-18(12(2)16(8-29-19)21(25,26)27)13(3)30-15-4-5-28-17(32)7-15/h4-5,7-8,11,14H,3,6,9-10H2,1-2H3,(H2,28,30,32). The van der Waals surface area contributed by atoms with Gasteiger partial charge in [-0.05, 0) is 37.0 Å². The van der Waals surface area contributed by atoms with Gasteiger partial charge in [0.15, 0.2) is 0 Å². The quantitative estimate of drug-likeness (QED) is 0.387. The third-order valence-electron chi connectivity index (χ3n) is 5.42. The van der Waals surface area contributed by atoms with E-state index >= 15 is 0 Å². The first-order valence-electron chi connectivity index (χ1n) is 9.81. The molecule has 0 radical (unpaired) electrons. The second-order valence-corrected chi connectivity index (χ2v) is 8.46. The maximum atomic E-state index is 13.6. The zero-order valence-corrected chi connectivity index (χ0v) is 18.2. The van der Waals surface area contributed by atoms with Crippen molar-refractivity contribution < 1.29 is 26.3 Å². The van der Waals surface area contributed by atoms with E-state index in [9.17, 15) is 26.3 Å². The summed E-state index contributed by atoms with van der Waals surface area (Å²) in [7, 11) is 0. The lowest BCUT2D eigenvalue weighted by atomic mass is 9.89. The molecule has 1 saturated heterocycles. The number of aromatic nitrogens is 2. The molecule has 2 aromatic rings. The van der Waals surface area contributed by atoms with Gasteiger partial charge >= 0.3 is 12.4 Å². The molecule has 174 valence electrons. The molecule has 2 N–H and O–H groups in total. The number of pyridine rings is 2. The number of piperidine rings is 1. The first-order valence-corrected chi connectivity index (χ1v) is 10.2. The second-order valence-electron chi connectivity index (χ2n) is 8.02. The number of anilines is 2. The van der Waals surface area contributed by atoms with Gasteiger partial charge < -0.3 is 15.2 Å². The molecule has 0 amide bonds. The van der Waals surface area contributed by atoms with E-state index in [4.69, 9.17) is 12.2 Å². The monoisotopic (exact) mass is 476 g/mol. The van der Waals surface area contributed by atoms with E-state index in [2.05, 4.69) is 21.9 Å². The number of H-pyrrole nitrogens is 1. The molecule has 2 atom stereocenters. The summed E-state index contributed by atoms with van der Waals surface area (Å²) in [5, 5.41) is 2.91. The first kappa shape index (κ1) is 24.1. The molecule has 0 spiro atoms. The van der Waals surface area contributed by atoms with Crippen LogP contribution in [0.1, 0.15) is 30.0 Å². The highest BCUT2D eigenvalue weighted by atomic mass is 32.1. The van der Waals surface area contributed by atoms with Crippen molar-refractivity contribution in [2.75, 3.05) is 23.3 Å². The van der Waals surface area contributed by atoms with Gasteiger partial charge in [0.25, 0.3) is 0 Å². The van der Waals surface area contributed by atoms with Crippen LogP contribution in [0.3, 0.4) is 0 Å². The van der Waals surface area contributed by atoms with Gasteiger partial charge in [-0.15, -0.1) is 0 Å². The Balaban J connectivity index is 2.08. The fourth-order valence-electron chi connectivity index (χ4n) is 4.00. The van der Waals surface area contributed by atoms with Gasteiger partial charge in [0, 0.05) is 42.4 Å². The fraction of sp³-hybridized carbons (Fsp3) is 0.429. The summed E-state index contributed by atoms with van der Waals surface area (Å²) < 4.78 is 81.4. The highest BCUT2D eigenvalue weighted by Crippen LogP contribution is 2.41. The molecule has 3 rings (SSSR count). The largest absolute Gasteiger partial charge is 0.418 e. The van der Waals surface area contributed by atoms with Crippen LogP contribution in [-0.4, -0.2) is 29.2 Å². The molecule has 4 nitrogen and oxygen atoms in total. The number of halogens is 6. The molecule has 0 bridgehead atoms. The zero-order valence-electron chi connectivity index (χ0n) is 17.4. The van der Waals surface area contributed by atoms with E-state index in [-0.39, 0.29) is 48.1 Å². The molecule has 1 aliphatic heterocycles. The van der Waals surface area contributed by atoms with Crippen molar-refractivity contribution in [1.82, 2.24) is 9.97 Å². The third kappa shape index (κ3) is 5.25. The van der Waals surface area contributed by atoms with Crippen LogP contribution in [0.25, 0.3) is 5.70 Å². The molecule has 11 heteroatoms. The number of hydrogen-bond acceptors (Lipinski definition) is 4. The summed E-state index contributed by atoms with van der Waals surface area (Å²) in [5.74, 6) is -1.88. The van der Waals surface area contributed by atoms with Crippen LogP contribution in [0.5, 0.6) is 0 Å². The number of rotatable bonds is 4. The Kier molecular flexibility index (Phi) is 6.60. The van der Waals surface area contributed by atoms with Gasteiger partial charge in [0.05, 0.1) is 11.5 Å². The molecule has 0 saturated carbocycles. The molecule has 32 heavy (non-hydrogen) atoms. The summed E-state index contributed by atoms with van der Waals surface area (Å²) in [5.41, 5.74) is -0.557. The average molecular weight is 476 g/mol. The Bertz CT molecular complexity index is 1060. The van der Waals surface area contributed by atoms with Crippen LogP contribution in [0, 0.1) is 23.4 Å². The third-order valence-corrected chi connectivity index (χ3v) is 5.65. The minimum atomic E-state index is -4.68. The predicted molar refractivity (Wildman–Crippen MR) is 114 cm³/mol. The summed E-state index contributed by atoms with van der Waals surface area (Å²) in [6.07, 6.45) is -6.91. The van der Waals surface area contributed by atoms with Crippen LogP contribution in [-0.2, 0) is 6.18 Å². The number of alkyl halides is 6. The summed E-state index contributed by atoms with van der Waals surface area (Å²) in [4.78, 5) is 8.15. The lowest BCUT2D eigenvalue weighted by molar-refractivity contribution is -0.179. The second kappa shape index (κ2) is 8.76. The number of nitrogens with one attached hydrogen (secondary N) is 2. The van der Waals surface area contributed by atoms with Gasteiger partial charge in [-0.1, -0.05) is 25.7 Å². The van der Waals surface area contributed by atoms with Crippen molar-refractivity contribution in [3.8, 4) is 0 Å². The van der Waals surface area contributed by atoms with E-state index in [1.165, 1.54) is 11.8 Å². The van der Waals surface area contributed by atoms with Crippen LogP contribution in [0.15, 0.2) is 31.1 Å². The van der Waals surface area contributed by atoms with Crippen LogP contribution >= 0.6 is 12.2 Å². The van der Waals surface area contributed by atoms with Crippen LogP contribution < -0.4 is 10.2 Å². The van der Waals surface area contributed by atoms with E-state index in [1.54, 1.807) is 25.3 Å². The minimum Gasteiger partial charge on any atom is -0.355 e. The van der Waals surface area contributed by atoms with Gasteiger partial charge in [-0.25, -0.2) is 4.98 Å². The molecule has 0 aliphatic carbocycles. The molecule has 2 unspecified atom stereocenters. The Morgan fingerprint density at radius 3 is 2.53 bits per heavy atom. The highest BCUT2D eigenvalue weighted by Gasteiger charge is 2.44. The van der Waals surface area contributed by atoms with Gasteiger partial charge in [-0.2, -0.15) is 26.3 Å². The average Bonchev–Trinajstić information content (AvgIpc) is 2.65. The van der Waals surface area contributed by atoms with E-state index in [0.29, 0.717) is 16.5 Å². The molecule has 0 aromatic carbocycles. The normalized spacial score (nSPS) is 19.7. The molecule has 1 fully saturated rings. The van der Waals surface area contributed by atoms with E-state index in [1.807, 2.05) is 0 Å². The van der Waals surface area contributed by atoms with Crippen molar-refractivity contribution in [2.45, 2.75) is 32.6 Å². The predicted octanol–water partition coefficient (Wildman–Crippen LogP) is 6.57. The SMILES string of the molecule is C=C(Nc1cc[nH]c(=S)c1)c1c(N2CC(C)CC(C(F)(F)F)C2)ncc(C(F)(F)F)c1C. The summed E-state index contributed by atoms with van der Waals surface area (Å²) >= 11 is 5.05. The van der Waals surface area contributed by atoms with Crippen LogP contribution in [0.4, 0.5) is 37.8 Å². The van der Waals surface area contributed by atoms with Crippen molar-refractivity contribution in [1.29, 1.82) is 0 Å². The summed E-state index contributed by atoms with van der Waals surface area (Å²) in [6.45, 7) is 6.66. The fourth-order valence-corrected chi connectivity index (χ4v) is 4.19. The molecule has 1 aliphatic rings. The zero-order chi connectivity index (χ0) is 23.8. The molecule has 2 aromatic heterocycles. The lowest BCUT2D eigenvalue weighted by Gasteiger charge is -2.39. The molecule has 3 heterocycles. The highest BCUT2D eigenvalue weighted by molar-refractivity contribution is 7.71. The van der Waals surface area contributed by atoms with Gasteiger partial charge in [0.2, 0.25) is 0 Å². The number of nitrogens with zero attached hydrogens (tertiary/aromatic N) is 2. The Morgan fingerprint density at radius 2 is 1.94 bits per heavy atom.